The average Bonchev–Trinajstić information content (AvgIpc) is 3.59. The van der Waals surface area contributed by atoms with E-state index in [1.807, 2.05) is 72.1 Å². The molecular weight excluding hydrogens is 428 g/mol. The maximum absolute atomic E-state index is 5.64. The molecule has 3 aromatic heterocycles. The highest BCUT2D eigenvalue weighted by atomic mass is 32.2. The largest absolute Gasteiger partial charge is 0.497 e. The van der Waals surface area contributed by atoms with Crippen molar-refractivity contribution in [3.05, 3.63) is 84.1 Å². The van der Waals surface area contributed by atoms with E-state index in [1.165, 1.54) is 0 Å². The van der Waals surface area contributed by atoms with E-state index in [9.17, 15) is 0 Å². The molecular formula is C23H18N4O2S2. The predicted molar refractivity (Wildman–Crippen MR) is 123 cm³/mol. The fourth-order valence-electron chi connectivity index (χ4n) is 3.13. The fourth-order valence-corrected chi connectivity index (χ4v) is 4.61. The second-order valence-electron chi connectivity index (χ2n) is 6.62. The van der Waals surface area contributed by atoms with Crippen molar-refractivity contribution in [2.45, 2.75) is 10.9 Å². The minimum Gasteiger partial charge on any atom is -0.497 e. The first-order valence-electron chi connectivity index (χ1n) is 9.58. The van der Waals surface area contributed by atoms with Crippen LogP contribution in [0.25, 0.3) is 27.8 Å². The fraction of sp³-hybridized carbons (Fsp3) is 0.0870. The molecule has 0 unspecified atom stereocenters. The van der Waals surface area contributed by atoms with Gasteiger partial charge in [-0.15, -0.1) is 21.5 Å². The SMILES string of the molecule is COc1ccc(-n2c(SCc3coc(-c4cccs4)n3)nnc2-c2ccccc2)cc1. The standard InChI is InChI=1S/C23H18N4O2S2/c1-28-19-11-9-18(10-12-19)27-21(16-6-3-2-4-7-16)25-26-23(27)31-15-17-14-29-22(24-17)20-8-5-13-30-20/h2-14H,15H2,1H3. The molecule has 0 radical (unpaired) electrons. The number of ether oxygens (including phenoxy) is 1. The number of hydrogen-bond acceptors (Lipinski definition) is 7. The van der Waals surface area contributed by atoms with Crippen LogP contribution in [0.2, 0.25) is 0 Å². The first-order valence-corrected chi connectivity index (χ1v) is 11.4. The second kappa shape index (κ2) is 8.79. The average molecular weight is 447 g/mol. The summed E-state index contributed by atoms with van der Waals surface area (Å²) in [5.41, 5.74) is 2.82. The number of thiophene rings is 1. The molecule has 31 heavy (non-hydrogen) atoms. The summed E-state index contributed by atoms with van der Waals surface area (Å²) in [5.74, 6) is 2.86. The third kappa shape index (κ3) is 4.12. The van der Waals surface area contributed by atoms with Gasteiger partial charge in [0.1, 0.15) is 12.0 Å². The Hall–Kier alpha value is -3.36. The van der Waals surface area contributed by atoms with Crippen LogP contribution >= 0.6 is 23.1 Å². The van der Waals surface area contributed by atoms with E-state index < -0.39 is 0 Å². The van der Waals surface area contributed by atoms with E-state index in [1.54, 1.807) is 36.5 Å². The monoisotopic (exact) mass is 446 g/mol. The molecule has 0 amide bonds. The van der Waals surface area contributed by atoms with Crippen LogP contribution in [0.1, 0.15) is 5.69 Å². The summed E-state index contributed by atoms with van der Waals surface area (Å²) >= 11 is 3.18. The van der Waals surface area contributed by atoms with Crippen molar-refractivity contribution in [1.82, 2.24) is 19.7 Å². The lowest BCUT2D eigenvalue weighted by Gasteiger charge is -2.11. The van der Waals surface area contributed by atoms with Gasteiger partial charge in [0.2, 0.25) is 5.89 Å². The molecule has 5 rings (SSSR count). The molecule has 0 aliphatic heterocycles. The van der Waals surface area contributed by atoms with Crippen LogP contribution in [0.5, 0.6) is 5.75 Å². The highest BCUT2D eigenvalue weighted by Gasteiger charge is 2.17. The van der Waals surface area contributed by atoms with E-state index in [-0.39, 0.29) is 0 Å². The molecule has 8 heteroatoms. The Morgan fingerprint density at radius 2 is 1.84 bits per heavy atom. The molecule has 5 aromatic rings. The summed E-state index contributed by atoms with van der Waals surface area (Å²) < 4.78 is 13.0. The maximum Gasteiger partial charge on any atom is 0.236 e. The minimum atomic E-state index is 0.623. The first kappa shape index (κ1) is 19.6. The number of benzene rings is 2. The van der Waals surface area contributed by atoms with Gasteiger partial charge >= 0.3 is 0 Å². The van der Waals surface area contributed by atoms with Crippen molar-refractivity contribution in [3.8, 4) is 33.6 Å². The first-order chi connectivity index (χ1) is 15.3. The van der Waals surface area contributed by atoms with Crippen molar-refractivity contribution in [1.29, 1.82) is 0 Å². The Morgan fingerprint density at radius 1 is 1.00 bits per heavy atom. The smallest absolute Gasteiger partial charge is 0.236 e. The van der Waals surface area contributed by atoms with Crippen LogP contribution in [0, 0.1) is 0 Å². The molecule has 0 aliphatic carbocycles. The molecule has 0 spiro atoms. The van der Waals surface area contributed by atoms with Crippen LogP contribution in [0.15, 0.2) is 87.9 Å². The highest BCUT2D eigenvalue weighted by Crippen LogP contribution is 2.31. The topological polar surface area (TPSA) is 66.0 Å². The Bertz CT molecular complexity index is 1260. The molecule has 0 N–H and O–H groups in total. The lowest BCUT2D eigenvalue weighted by atomic mass is 10.2. The van der Waals surface area contributed by atoms with Gasteiger partial charge in [-0.2, -0.15) is 0 Å². The van der Waals surface area contributed by atoms with Crippen molar-refractivity contribution in [2.75, 3.05) is 7.11 Å². The number of nitrogens with zero attached hydrogens (tertiary/aromatic N) is 4. The third-order valence-corrected chi connectivity index (χ3v) is 6.45. The van der Waals surface area contributed by atoms with Gasteiger partial charge < -0.3 is 9.15 Å². The number of hydrogen-bond donors (Lipinski definition) is 0. The number of rotatable bonds is 7. The Kier molecular flexibility index (Phi) is 5.56. The summed E-state index contributed by atoms with van der Waals surface area (Å²) in [7, 11) is 1.66. The number of oxazole rings is 1. The molecule has 0 atom stereocenters. The van der Waals surface area contributed by atoms with Gasteiger partial charge in [-0.25, -0.2) is 4.98 Å². The number of aromatic nitrogens is 4. The van der Waals surface area contributed by atoms with Gasteiger partial charge in [0.25, 0.3) is 0 Å². The zero-order valence-corrected chi connectivity index (χ0v) is 18.3. The minimum absolute atomic E-state index is 0.623. The zero-order chi connectivity index (χ0) is 21.0. The molecule has 154 valence electrons. The van der Waals surface area contributed by atoms with Crippen LogP contribution in [-0.2, 0) is 5.75 Å². The Labute approximate surface area is 187 Å². The van der Waals surface area contributed by atoms with E-state index in [4.69, 9.17) is 9.15 Å². The molecule has 3 heterocycles. The quantitative estimate of drug-likeness (QED) is 0.288. The molecule has 0 saturated carbocycles. The summed E-state index contributed by atoms with van der Waals surface area (Å²) in [6.45, 7) is 0. The Morgan fingerprint density at radius 3 is 2.58 bits per heavy atom. The summed E-state index contributed by atoms with van der Waals surface area (Å²) in [4.78, 5) is 5.62. The third-order valence-electron chi connectivity index (χ3n) is 4.63. The Balaban J connectivity index is 1.46. The molecule has 2 aromatic carbocycles. The van der Waals surface area contributed by atoms with E-state index in [0.717, 1.165) is 38.6 Å². The van der Waals surface area contributed by atoms with E-state index >= 15 is 0 Å². The van der Waals surface area contributed by atoms with Crippen molar-refractivity contribution in [2.24, 2.45) is 0 Å². The zero-order valence-electron chi connectivity index (χ0n) is 16.6. The van der Waals surface area contributed by atoms with Gasteiger partial charge in [0.05, 0.1) is 17.7 Å². The normalized spacial score (nSPS) is 11.0. The highest BCUT2D eigenvalue weighted by molar-refractivity contribution is 7.98. The maximum atomic E-state index is 5.64. The van der Waals surface area contributed by atoms with E-state index in [0.29, 0.717) is 11.6 Å². The van der Waals surface area contributed by atoms with E-state index in [2.05, 4.69) is 19.7 Å². The predicted octanol–water partition coefficient (Wildman–Crippen LogP) is 5.95. The van der Waals surface area contributed by atoms with Crippen LogP contribution in [0.4, 0.5) is 0 Å². The molecule has 0 fully saturated rings. The van der Waals surface area contributed by atoms with Gasteiger partial charge in [-0.05, 0) is 35.7 Å². The van der Waals surface area contributed by atoms with Crippen molar-refractivity contribution in [3.63, 3.8) is 0 Å². The summed E-state index contributed by atoms with van der Waals surface area (Å²) in [6, 6.07) is 21.9. The van der Waals surface area contributed by atoms with Gasteiger partial charge in [-0.1, -0.05) is 48.2 Å². The van der Waals surface area contributed by atoms with Gasteiger partial charge in [0.15, 0.2) is 11.0 Å². The number of methoxy groups -OCH3 is 1. The lowest BCUT2D eigenvalue weighted by Crippen LogP contribution is -2.00. The lowest BCUT2D eigenvalue weighted by molar-refractivity contribution is 0.414. The molecule has 0 aliphatic rings. The van der Waals surface area contributed by atoms with Crippen LogP contribution < -0.4 is 4.74 Å². The molecule has 6 nitrogen and oxygen atoms in total. The molecule has 0 bridgehead atoms. The summed E-state index contributed by atoms with van der Waals surface area (Å²) in [6.07, 6.45) is 1.70. The molecule has 0 saturated heterocycles. The van der Waals surface area contributed by atoms with Crippen LogP contribution in [-0.4, -0.2) is 26.9 Å². The number of thioether (sulfide) groups is 1. The van der Waals surface area contributed by atoms with Crippen molar-refractivity contribution < 1.29 is 9.15 Å². The second-order valence-corrected chi connectivity index (χ2v) is 8.51. The summed E-state index contributed by atoms with van der Waals surface area (Å²) in [5, 5.41) is 11.7. The van der Waals surface area contributed by atoms with Gasteiger partial charge in [-0.3, -0.25) is 4.57 Å². The van der Waals surface area contributed by atoms with Crippen LogP contribution in [0.3, 0.4) is 0 Å². The van der Waals surface area contributed by atoms with Gasteiger partial charge in [0, 0.05) is 17.0 Å². The van der Waals surface area contributed by atoms with Crippen molar-refractivity contribution >= 4 is 23.1 Å².